The molecular weight excluding hydrogens is 386 g/mol. The number of aromatic nitrogens is 4. The fourth-order valence-electron chi connectivity index (χ4n) is 2.74. The standard InChI is InChI=1S/C21H17N5O2S/c27-17-12-7-13-22-19(17)23-18(28)14-29-21-25-24-20(15-8-3-1-4-9-15)26(21)16-10-5-2-6-11-16/h1-13,27H,14H2,(H,22,23,28). The van der Waals surface area contributed by atoms with Crippen molar-refractivity contribution in [3.63, 3.8) is 0 Å². The van der Waals surface area contributed by atoms with Gasteiger partial charge in [-0.25, -0.2) is 4.98 Å². The SMILES string of the molecule is O=C(CSc1nnc(-c2ccccc2)n1-c1ccccc1)Nc1ncccc1O. The number of rotatable bonds is 6. The summed E-state index contributed by atoms with van der Waals surface area (Å²) < 4.78 is 1.92. The van der Waals surface area contributed by atoms with Crippen LogP contribution in [0, 0.1) is 0 Å². The molecule has 2 heterocycles. The van der Waals surface area contributed by atoms with Crippen molar-refractivity contribution in [3.8, 4) is 22.8 Å². The Morgan fingerprint density at radius 1 is 0.966 bits per heavy atom. The molecule has 2 N–H and O–H groups in total. The van der Waals surface area contributed by atoms with Crippen LogP contribution < -0.4 is 5.32 Å². The van der Waals surface area contributed by atoms with Crippen LogP contribution in [-0.4, -0.2) is 36.5 Å². The molecule has 4 rings (SSSR count). The predicted molar refractivity (Wildman–Crippen MR) is 112 cm³/mol. The first-order chi connectivity index (χ1) is 14.2. The minimum absolute atomic E-state index is 0.0790. The summed E-state index contributed by atoms with van der Waals surface area (Å²) in [6, 6.07) is 22.6. The second-order valence-corrected chi connectivity index (χ2v) is 6.99. The van der Waals surface area contributed by atoms with Gasteiger partial charge in [-0.05, 0) is 24.3 Å². The van der Waals surface area contributed by atoms with E-state index in [4.69, 9.17) is 0 Å². The number of thioether (sulfide) groups is 1. The maximum atomic E-state index is 12.3. The predicted octanol–water partition coefficient (Wildman–Crippen LogP) is 3.77. The number of nitrogens with zero attached hydrogens (tertiary/aromatic N) is 4. The summed E-state index contributed by atoms with van der Waals surface area (Å²) in [6.45, 7) is 0. The fraction of sp³-hybridized carbons (Fsp3) is 0.0476. The largest absolute Gasteiger partial charge is 0.504 e. The lowest BCUT2D eigenvalue weighted by atomic mass is 10.2. The lowest BCUT2D eigenvalue weighted by Crippen LogP contribution is -2.15. The van der Waals surface area contributed by atoms with Crippen LogP contribution in [0.3, 0.4) is 0 Å². The molecule has 2 aromatic heterocycles. The van der Waals surface area contributed by atoms with E-state index in [1.807, 2.05) is 65.2 Å². The number of hydrogen-bond acceptors (Lipinski definition) is 6. The molecule has 0 aliphatic heterocycles. The first-order valence-electron chi connectivity index (χ1n) is 8.85. The molecule has 0 aliphatic carbocycles. The summed E-state index contributed by atoms with van der Waals surface area (Å²) in [6.07, 6.45) is 1.50. The zero-order chi connectivity index (χ0) is 20.1. The smallest absolute Gasteiger partial charge is 0.236 e. The summed E-state index contributed by atoms with van der Waals surface area (Å²) in [5, 5.41) is 21.6. The van der Waals surface area contributed by atoms with Gasteiger partial charge in [0.1, 0.15) is 0 Å². The third-order valence-electron chi connectivity index (χ3n) is 4.06. The molecule has 0 saturated heterocycles. The van der Waals surface area contributed by atoms with Crippen LogP contribution in [0.25, 0.3) is 17.1 Å². The van der Waals surface area contributed by atoms with Crippen molar-refractivity contribution in [2.45, 2.75) is 5.16 Å². The molecule has 0 fully saturated rings. The Bertz CT molecular complexity index is 1120. The van der Waals surface area contributed by atoms with Gasteiger partial charge in [-0.1, -0.05) is 60.3 Å². The van der Waals surface area contributed by atoms with Gasteiger partial charge in [0.25, 0.3) is 0 Å². The lowest BCUT2D eigenvalue weighted by Gasteiger charge is -2.10. The summed E-state index contributed by atoms with van der Waals surface area (Å²) in [5.74, 6) is 0.544. The van der Waals surface area contributed by atoms with Crippen molar-refractivity contribution in [1.82, 2.24) is 19.7 Å². The number of pyridine rings is 1. The topological polar surface area (TPSA) is 92.9 Å². The number of carbonyl (C=O) groups is 1. The van der Waals surface area contributed by atoms with Gasteiger partial charge in [0.05, 0.1) is 5.75 Å². The minimum atomic E-state index is -0.298. The van der Waals surface area contributed by atoms with E-state index in [0.717, 1.165) is 11.3 Å². The molecule has 0 spiro atoms. The number of hydrogen-bond donors (Lipinski definition) is 2. The fourth-order valence-corrected chi connectivity index (χ4v) is 3.49. The number of aromatic hydroxyl groups is 1. The van der Waals surface area contributed by atoms with Crippen molar-refractivity contribution in [2.24, 2.45) is 0 Å². The molecule has 0 radical (unpaired) electrons. The number of nitrogens with one attached hydrogen (secondary N) is 1. The van der Waals surface area contributed by atoms with Gasteiger partial charge in [0.2, 0.25) is 5.91 Å². The van der Waals surface area contributed by atoms with Crippen molar-refractivity contribution in [2.75, 3.05) is 11.1 Å². The Balaban J connectivity index is 1.58. The molecule has 4 aromatic rings. The van der Waals surface area contributed by atoms with E-state index in [1.165, 1.54) is 24.0 Å². The summed E-state index contributed by atoms with van der Waals surface area (Å²) in [4.78, 5) is 16.3. The molecule has 0 unspecified atom stereocenters. The van der Waals surface area contributed by atoms with E-state index in [1.54, 1.807) is 6.07 Å². The Morgan fingerprint density at radius 3 is 2.41 bits per heavy atom. The first kappa shape index (κ1) is 18.7. The van der Waals surface area contributed by atoms with E-state index in [-0.39, 0.29) is 23.2 Å². The monoisotopic (exact) mass is 403 g/mol. The Morgan fingerprint density at radius 2 is 1.69 bits per heavy atom. The van der Waals surface area contributed by atoms with Crippen LogP contribution in [0.1, 0.15) is 0 Å². The van der Waals surface area contributed by atoms with Gasteiger partial charge in [-0.15, -0.1) is 10.2 Å². The Labute approximate surface area is 171 Å². The van der Waals surface area contributed by atoms with Crippen molar-refractivity contribution >= 4 is 23.5 Å². The lowest BCUT2D eigenvalue weighted by molar-refractivity contribution is -0.113. The summed E-state index contributed by atoms with van der Waals surface area (Å²) in [7, 11) is 0. The quantitative estimate of drug-likeness (QED) is 0.476. The number of amides is 1. The third-order valence-corrected chi connectivity index (χ3v) is 4.99. The molecule has 144 valence electrons. The number of para-hydroxylation sites is 1. The molecule has 8 heteroatoms. The van der Waals surface area contributed by atoms with Crippen LogP contribution in [-0.2, 0) is 4.79 Å². The summed E-state index contributed by atoms with van der Waals surface area (Å²) in [5.41, 5.74) is 1.83. The number of carbonyl (C=O) groups excluding carboxylic acids is 1. The highest BCUT2D eigenvalue weighted by atomic mass is 32.2. The maximum Gasteiger partial charge on any atom is 0.236 e. The zero-order valence-corrected chi connectivity index (χ0v) is 16.1. The van der Waals surface area contributed by atoms with Gasteiger partial charge in [-0.2, -0.15) is 0 Å². The van der Waals surface area contributed by atoms with Crippen molar-refractivity contribution in [1.29, 1.82) is 0 Å². The molecule has 1 amide bonds. The summed E-state index contributed by atoms with van der Waals surface area (Å²) >= 11 is 1.26. The molecule has 0 aliphatic rings. The van der Waals surface area contributed by atoms with E-state index < -0.39 is 0 Å². The van der Waals surface area contributed by atoms with Crippen LogP contribution in [0.2, 0.25) is 0 Å². The van der Waals surface area contributed by atoms with Crippen molar-refractivity contribution < 1.29 is 9.90 Å². The van der Waals surface area contributed by atoms with Gasteiger partial charge >= 0.3 is 0 Å². The first-order valence-corrected chi connectivity index (χ1v) is 9.84. The van der Waals surface area contributed by atoms with Crippen molar-refractivity contribution in [3.05, 3.63) is 79.0 Å². The van der Waals surface area contributed by atoms with E-state index in [2.05, 4.69) is 20.5 Å². The van der Waals surface area contributed by atoms with Gasteiger partial charge in [0, 0.05) is 17.4 Å². The zero-order valence-electron chi connectivity index (χ0n) is 15.3. The molecule has 29 heavy (non-hydrogen) atoms. The third kappa shape index (κ3) is 4.27. The average Bonchev–Trinajstić information content (AvgIpc) is 3.19. The van der Waals surface area contributed by atoms with Gasteiger partial charge in [0.15, 0.2) is 22.5 Å². The normalized spacial score (nSPS) is 10.6. The van der Waals surface area contributed by atoms with Crippen LogP contribution >= 0.6 is 11.8 Å². The van der Waals surface area contributed by atoms with Crippen LogP contribution in [0.5, 0.6) is 5.75 Å². The molecular formula is C21H17N5O2S. The molecule has 7 nitrogen and oxygen atoms in total. The molecule has 0 saturated carbocycles. The van der Waals surface area contributed by atoms with Gasteiger partial charge < -0.3 is 10.4 Å². The minimum Gasteiger partial charge on any atom is -0.504 e. The van der Waals surface area contributed by atoms with E-state index >= 15 is 0 Å². The van der Waals surface area contributed by atoms with E-state index in [9.17, 15) is 9.90 Å². The molecule has 2 aromatic carbocycles. The number of anilines is 1. The highest BCUT2D eigenvalue weighted by molar-refractivity contribution is 7.99. The second kappa shape index (κ2) is 8.57. The highest BCUT2D eigenvalue weighted by Gasteiger charge is 2.17. The molecule has 0 atom stereocenters. The average molecular weight is 403 g/mol. The van der Waals surface area contributed by atoms with E-state index in [0.29, 0.717) is 11.0 Å². The Kier molecular flexibility index (Phi) is 5.53. The molecule has 0 bridgehead atoms. The highest BCUT2D eigenvalue weighted by Crippen LogP contribution is 2.28. The number of benzene rings is 2. The van der Waals surface area contributed by atoms with Gasteiger partial charge in [-0.3, -0.25) is 9.36 Å². The second-order valence-electron chi connectivity index (χ2n) is 6.05. The Hall–Kier alpha value is -3.65. The maximum absolute atomic E-state index is 12.3. The van der Waals surface area contributed by atoms with Crippen LogP contribution in [0.15, 0.2) is 84.1 Å². The van der Waals surface area contributed by atoms with Crippen LogP contribution in [0.4, 0.5) is 5.82 Å².